The van der Waals surface area contributed by atoms with E-state index in [2.05, 4.69) is 39.1 Å². The molecule has 2 nitrogen and oxygen atoms in total. The van der Waals surface area contributed by atoms with Crippen molar-refractivity contribution in [3.8, 4) is 0 Å². The van der Waals surface area contributed by atoms with Crippen LogP contribution in [0, 0.1) is 5.92 Å². The molecule has 1 saturated heterocycles. The van der Waals surface area contributed by atoms with Crippen molar-refractivity contribution >= 4 is 33.2 Å². The van der Waals surface area contributed by atoms with E-state index in [1.165, 1.54) is 12.1 Å². The number of halogens is 2. The van der Waals surface area contributed by atoms with Crippen molar-refractivity contribution in [1.82, 2.24) is 5.32 Å². The summed E-state index contributed by atoms with van der Waals surface area (Å²) in [6, 6.07) is 6.06. The van der Waals surface area contributed by atoms with E-state index < -0.39 is 0 Å². The maximum absolute atomic E-state index is 6.13. The smallest absolute Gasteiger partial charge is 0.0595 e. The molecule has 1 unspecified atom stereocenters. The number of nitrogens with one attached hydrogen (secondary N) is 1. The molecule has 1 aliphatic heterocycles. The highest BCUT2D eigenvalue weighted by Gasteiger charge is 2.23. The van der Waals surface area contributed by atoms with Crippen molar-refractivity contribution in [3.63, 3.8) is 0 Å². The van der Waals surface area contributed by atoms with Crippen molar-refractivity contribution in [2.24, 2.45) is 5.92 Å². The second-order valence-electron chi connectivity index (χ2n) is 4.48. The molecule has 0 bridgehead atoms. The van der Waals surface area contributed by atoms with Crippen molar-refractivity contribution in [3.05, 3.63) is 27.7 Å². The Morgan fingerprint density at radius 1 is 1.53 bits per heavy atom. The lowest BCUT2D eigenvalue weighted by Gasteiger charge is -2.20. The van der Waals surface area contributed by atoms with Gasteiger partial charge in [-0.1, -0.05) is 24.6 Å². The third-order valence-corrected chi connectivity index (χ3v) is 4.62. The van der Waals surface area contributed by atoms with Crippen LogP contribution in [0.3, 0.4) is 0 Å². The van der Waals surface area contributed by atoms with Crippen LogP contribution < -0.4 is 10.2 Å². The highest BCUT2D eigenvalue weighted by Crippen LogP contribution is 2.35. The quantitative estimate of drug-likeness (QED) is 0.914. The lowest BCUT2D eigenvalue weighted by Crippen LogP contribution is -2.26. The zero-order valence-electron chi connectivity index (χ0n) is 10.0. The van der Waals surface area contributed by atoms with Crippen LogP contribution in [-0.4, -0.2) is 26.2 Å². The number of benzene rings is 1. The van der Waals surface area contributed by atoms with Gasteiger partial charge in [-0.15, -0.1) is 0 Å². The predicted octanol–water partition coefficient (Wildman–Crippen LogP) is 3.54. The minimum atomic E-state index is 0.751. The van der Waals surface area contributed by atoms with Gasteiger partial charge < -0.3 is 10.2 Å². The summed E-state index contributed by atoms with van der Waals surface area (Å²) < 4.78 is 1.02. The van der Waals surface area contributed by atoms with E-state index in [4.69, 9.17) is 11.6 Å². The molecule has 0 radical (unpaired) electrons. The SMILES string of the molecule is CCNCC1CCN(c2cccc(Cl)c2Br)C1. The van der Waals surface area contributed by atoms with Gasteiger partial charge in [0, 0.05) is 13.1 Å². The molecule has 1 heterocycles. The maximum atomic E-state index is 6.13. The Bertz CT molecular complexity index is 384. The molecule has 1 aromatic rings. The fourth-order valence-corrected chi connectivity index (χ4v) is 2.99. The van der Waals surface area contributed by atoms with Crippen LogP contribution in [-0.2, 0) is 0 Å². The molecule has 0 aromatic heterocycles. The maximum Gasteiger partial charge on any atom is 0.0595 e. The molecular weight excluding hydrogens is 300 g/mol. The number of hydrogen-bond donors (Lipinski definition) is 1. The summed E-state index contributed by atoms with van der Waals surface area (Å²) in [5, 5.41) is 4.21. The minimum Gasteiger partial charge on any atom is -0.370 e. The first-order valence-corrected chi connectivity index (χ1v) is 7.29. The second-order valence-corrected chi connectivity index (χ2v) is 5.68. The molecule has 0 aliphatic carbocycles. The fourth-order valence-electron chi connectivity index (χ4n) is 2.30. The Kier molecular flexibility index (Phi) is 4.71. The van der Waals surface area contributed by atoms with Crippen molar-refractivity contribution in [1.29, 1.82) is 0 Å². The summed E-state index contributed by atoms with van der Waals surface area (Å²) in [6.45, 7) is 6.56. The Labute approximate surface area is 116 Å². The Morgan fingerprint density at radius 2 is 2.35 bits per heavy atom. The number of anilines is 1. The van der Waals surface area contributed by atoms with Crippen molar-refractivity contribution in [2.45, 2.75) is 13.3 Å². The minimum absolute atomic E-state index is 0.751. The van der Waals surface area contributed by atoms with E-state index in [0.29, 0.717) is 0 Å². The van der Waals surface area contributed by atoms with E-state index in [9.17, 15) is 0 Å². The molecule has 94 valence electrons. The van der Waals surface area contributed by atoms with Gasteiger partial charge in [-0.05, 0) is 53.5 Å². The second kappa shape index (κ2) is 6.07. The molecule has 0 saturated carbocycles. The summed E-state index contributed by atoms with van der Waals surface area (Å²) >= 11 is 9.70. The Hall–Kier alpha value is -0.250. The Morgan fingerprint density at radius 3 is 3.12 bits per heavy atom. The average Bonchev–Trinajstić information content (AvgIpc) is 2.78. The molecule has 1 aromatic carbocycles. The standard InChI is InChI=1S/C13H18BrClN2/c1-2-16-8-10-6-7-17(9-10)12-5-3-4-11(15)13(12)14/h3-5,10,16H,2,6-9H2,1H3. The topological polar surface area (TPSA) is 15.3 Å². The number of nitrogens with zero attached hydrogens (tertiary/aromatic N) is 1. The van der Waals surface area contributed by atoms with Crippen LogP contribution >= 0.6 is 27.5 Å². The van der Waals surface area contributed by atoms with Gasteiger partial charge in [0.2, 0.25) is 0 Å². The normalized spacial score (nSPS) is 19.9. The Balaban J connectivity index is 2.02. The van der Waals surface area contributed by atoms with Crippen LogP contribution in [0.5, 0.6) is 0 Å². The largest absolute Gasteiger partial charge is 0.370 e. The van der Waals surface area contributed by atoms with E-state index in [1.807, 2.05) is 12.1 Å². The predicted molar refractivity (Wildman–Crippen MR) is 78.0 cm³/mol. The summed E-state index contributed by atoms with van der Waals surface area (Å²) in [7, 11) is 0. The molecule has 1 N–H and O–H groups in total. The lowest BCUT2D eigenvalue weighted by atomic mass is 10.1. The number of rotatable bonds is 4. The molecule has 4 heteroatoms. The van der Waals surface area contributed by atoms with Gasteiger partial charge in [-0.3, -0.25) is 0 Å². The van der Waals surface area contributed by atoms with Gasteiger partial charge in [0.25, 0.3) is 0 Å². The van der Waals surface area contributed by atoms with Gasteiger partial charge in [0.1, 0.15) is 0 Å². The third kappa shape index (κ3) is 3.15. The molecule has 1 fully saturated rings. The third-order valence-electron chi connectivity index (χ3n) is 3.24. The van der Waals surface area contributed by atoms with Gasteiger partial charge in [-0.2, -0.15) is 0 Å². The highest BCUT2D eigenvalue weighted by molar-refractivity contribution is 9.10. The molecule has 0 amide bonds. The van der Waals surface area contributed by atoms with Gasteiger partial charge in [0.05, 0.1) is 15.2 Å². The molecule has 1 aliphatic rings. The van der Waals surface area contributed by atoms with Crippen molar-refractivity contribution in [2.75, 3.05) is 31.1 Å². The number of hydrogen-bond acceptors (Lipinski definition) is 2. The fraction of sp³-hybridized carbons (Fsp3) is 0.538. The van der Waals surface area contributed by atoms with Gasteiger partial charge in [-0.25, -0.2) is 0 Å². The lowest BCUT2D eigenvalue weighted by molar-refractivity contribution is 0.528. The van der Waals surface area contributed by atoms with E-state index in [0.717, 1.165) is 41.6 Å². The molecule has 2 rings (SSSR count). The zero-order valence-corrected chi connectivity index (χ0v) is 12.4. The van der Waals surface area contributed by atoms with E-state index >= 15 is 0 Å². The molecular formula is C13H18BrClN2. The first-order chi connectivity index (χ1) is 8.22. The zero-order chi connectivity index (χ0) is 12.3. The van der Waals surface area contributed by atoms with E-state index in [1.54, 1.807) is 0 Å². The van der Waals surface area contributed by atoms with Crippen LogP contribution in [0.2, 0.25) is 5.02 Å². The van der Waals surface area contributed by atoms with Gasteiger partial charge >= 0.3 is 0 Å². The van der Waals surface area contributed by atoms with E-state index in [-0.39, 0.29) is 0 Å². The first-order valence-electron chi connectivity index (χ1n) is 6.12. The first kappa shape index (κ1) is 13.2. The molecule has 1 atom stereocenters. The van der Waals surface area contributed by atoms with Crippen LogP contribution in [0.25, 0.3) is 0 Å². The average molecular weight is 318 g/mol. The van der Waals surface area contributed by atoms with Crippen LogP contribution in [0.15, 0.2) is 22.7 Å². The summed E-state index contributed by atoms with van der Waals surface area (Å²) in [5.74, 6) is 0.751. The van der Waals surface area contributed by atoms with Crippen LogP contribution in [0.4, 0.5) is 5.69 Å². The summed E-state index contributed by atoms with van der Waals surface area (Å²) in [4.78, 5) is 2.41. The highest BCUT2D eigenvalue weighted by atomic mass is 79.9. The monoisotopic (exact) mass is 316 g/mol. The summed E-state index contributed by atoms with van der Waals surface area (Å²) in [6.07, 6.45) is 1.26. The molecule has 17 heavy (non-hydrogen) atoms. The van der Waals surface area contributed by atoms with Gasteiger partial charge in [0.15, 0.2) is 0 Å². The van der Waals surface area contributed by atoms with Crippen molar-refractivity contribution < 1.29 is 0 Å². The van der Waals surface area contributed by atoms with Crippen LogP contribution in [0.1, 0.15) is 13.3 Å². The molecule has 0 spiro atoms. The summed E-state index contributed by atoms with van der Waals surface area (Å²) in [5.41, 5.74) is 1.22.